The number of piperazine rings is 1. The van der Waals surface area contributed by atoms with Gasteiger partial charge in [0, 0.05) is 78.7 Å². The second-order valence-electron chi connectivity index (χ2n) is 8.25. The zero-order chi connectivity index (χ0) is 21.6. The van der Waals surface area contributed by atoms with E-state index in [0.29, 0.717) is 17.9 Å². The third kappa shape index (κ3) is 7.40. The van der Waals surface area contributed by atoms with Gasteiger partial charge in [-0.15, -0.1) is 24.0 Å². The summed E-state index contributed by atoms with van der Waals surface area (Å²) < 4.78 is 39.5. The van der Waals surface area contributed by atoms with Crippen LogP contribution in [0, 0.1) is 11.6 Å². The molecule has 0 amide bonds. The molecule has 1 aromatic rings. The highest BCUT2D eigenvalue weighted by Gasteiger charge is 2.27. The van der Waals surface area contributed by atoms with Crippen molar-refractivity contribution in [1.29, 1.82) is 0 Å². The van der Waals surface area contributed by atoms with Gasteiger partial charge in [0.05, 0.1) is 0 Å². The van der Waals surface area contributed by atoms with Gasteiger partial charge in [0.15, 0.2) is 5.96 Å². The van der Waals surface area contributed by atoms with E-state index in [-0.39, 0.29) is 34.8 Å². The van der Waals surface area contributed by atoms with E-state index in [2.05, 4.69) is 20.1 Å². The Morgan fingerprint density at radius 3 is 2.37 bits per heavy atom. The molecule has 30 heavy (non-hydrogen) atoms. The lowest BCUT2D eigenvalue weighted by atomic mass is 10.0. The third-order valence-electron chi connectivity index (χ3n) is 5.23. The van der Waals surface area contributed by atoms with Gasteiger partial charge in [0.2, 0.25) is 0 Å². The average Bonchev–Trinajstić information content (AvgIpc) is 2.67. The molecule has 0 spiro atoms. The molecule has 1 saturated heterocycles. The maximum Gasteiger partial charge on any atom is 0.193 e. The van der Waals surface area contributed by atoms with Gasteiger partial charge in [0.1, 0.15) is 11.6 Å². The highest BCUT2D eigenvalue weighted by Crippen LogP contribution is 2.28. The van der Waals surface area contributed by atoms with Crippen LogP contribution in [0.2, 0.25) is 0 Å². The first kappa shape index (κ1) is 27.2. The van der Waals surface area contributed by atoms with Crippen molar-refractivity contribution in [1.82, 2.24) is 15.1 Å². The molecule has 1 N–H and O–H groups in total. The number of benzene rings is 1. The van der Waals surface area contributed by atoms with Gasteiger partial charge in [-0.1, -0.05) is 13.0 Å². The summed E-state index contributed by atoms with van der Waals surface area (Å²) in [7, 11) is 0.843. The molecule has 2 unspecified atom stereocenters. The Morgan fingerprint density at radius 1 is 1.23 bits per heavy atom. The molecule has 1 aliphatic heterocycles. The lowest BCUT2D eigenvalue weighted by Gasteiger charge is -2.40. The zero-order valence-corrected chi connectivity index (χ0v) is 21.7. The van der Waals surface area contributed by atoms with Crippen LogP contribution in [0.15, 0.2) is 23.2 Å². The van der Waals surface area contributed by atoms with E-state index in [9.17, 15) is 13.0 Å². The van der Waals surface area contributed by atoms with Crippen LogP contribution in [0.3, 0.4) is 0 Å². The smallest absolute Gasteiger partial charge is 0.193 e. The molecule has 2 atom stereocenters. The van der Waals surface area contributed by atoms with Crippen LogP contribution in [0.25, 0.3) is 0 Å². The highest BCUT2D eigenvalue weighted by atomic mass is 127. The molecule has 172 valence electrons. The van der Waals surface area contributed by atoms with Crippen LogP contribution in [0.1, 0.15) is 45.7 Å². The Bertz CT molecular complexity index is 734. The molecule has 1 fully saturated rings. The molecular weight excluding hydrogens is 521 g/mol. The van der Waals surface area contributed by atoms with Crippen molar-refractivity contribution in [2.24, 2.45) is 4.99 Å². The first-order chi connectivity index (χ1) is 13.7. The zero-order valence-electron chi connectivity index (χ0n) is 18.6. The summed E-state index contributed by atoms with van der Waals surface area (Å²) in [6.07, 6.45) is 0.758. The van der Waals surface area contributed by atoms with Crippen LogP contribution in [0.4, 0.5) is 8.78 Å². The van der Waals surface area contributed by atoms with Crippen molar-refractivity contribution < 1.29 is 13.0 Å². The van der Waals surface area contributed by atoms with Crippen molar-refractivity contribution >= 4 is 40.7 Å². The number of hydrogen-bond donors (Lipinski definition) is 1. The summed E-state index contributed by atoms with van der Waals surface area (Å²) in [5.74, 6) is 0.345. The molecule has 9 heteroatoms. The molecular formula is C21H35F2IN4OS. The van der Waals surface area contributed by atoms with Crippen LogP contribution in [-0.4, -0.2) is 70.2 Å². The number of guanidine groups is 1. The minimum absolute atomic E-state index is 0. The minimum Gasteiger partial charge on any atom is -0.355 e. The number of hydrogen-bond acceptors (Lipinski definition) is 3. The van der Waals surface area contributed by atoms with Gasteiger partial charge in [0.25, 0.3) is 0 Å². The van der Waals surface area contributed by atoms with E-state index in [0.717, 1.165) is 44.6 Å². The predicted octanol–water partition coefficient (Wildman–Crippen LogP) is 3.77. The summed E-state index contributed by atoms with van der Waals surface area (Å²) in [6.45, 7) is 11.6. The molecule has 0 aromatic heterocycles. The van der Waals surface area contributed by atoms with E-state index in [1.807, 2.05) is 27.7 Å². The van der Waals surface area contributed by atoms with E-state index >= 15 is 0 Å². The monoisotopic (exact) mass is 556 g/mol. The van der Waals surface area contributed by atoms with Crippen molar-refractivity contribution in [3.63, 3.8) is 0 Å². The second-order valence-corrected chi connectivity index (χ2v) is 10.6. The van der Waals surface area contributed by atoms with E-state index in [4.69, 9.17) is 0 Å². The van der Waals surface area contributed by atoms with Crippen molar-refractivity contribution in [2.75, 3.05) is 45.5 Å². The lowest BCUT2D eigenvalue weighted by Crippen LogP contribution is -2.53. The summed E-state index contributed by atoms with van der Waals surface area (Å²) in [4.78, 5) is 8.77. The van der Waals surface area contributed by atoms with E-state index in [1.165, 1.54) is 6.07 Å². The maximum absolute atomic E-state index is 14.3. The molecule has 1 aromatic carbocycles. The average molecular weight is 557 g/mol. The first-order valence-corrected chi connectivity index (χ1v) is 11.5. The second kappa shape index (κ2) is 12.3. The van der Waals surface area contributed by atoms with Gasteiger partial charge in [-0.3, -0.25) is 14.1 Å². The van der Waals surface area contributed by atoms with Crippen molar-refractivity contribution in [3.05, 3.63) is 35.4 Å². The van der Waals surface area contributed by atoms with Crippen molar-refractivity contribution in [2.45, 2.75) is 44.9 Å². The number of nitrogens with one attached hydrogen (secondary N) is 1. The fourth-order valence-corrected chi connectivity index (χ4v) is 4.49. The van der Waals surface area contributed by atoms with E-state index in [1.54, 1.807) is 13.1 Å². The van der Waals surface area contributed by atoms with Gasteiger partial charge in [-0.25, -0.2) is 8.78 Å². The SMILES string of the molecule is CCC(c1ccc(F)cc1F)N1CCN(C(=NC)NCCS(=O)C(C)(C)C)CC1.I. The topological polar surface area (TPSA) is 47.9 Å². The Morgan fingerprint density at radius 2 is 1.87 bits per heavy atom. The molecule has 5 nitrogen and oxygen atoms in total. The highest BCUT2D eigenvalue weighted by molar-refractivity contribution is 14.0. The Balaban J connectivity index is 0.00000450. The predicted molar refractivity (Wildman–Crippen MR) is 132 cm³/mol. The molecule has 0 bridgehead atoms. The number of halogens is 3. The number of aliphatic imine (C=N–C) groups is 1. The maximum atomic E-state index is 14.3. The minimum atomic E-state index is -0.906. The van der Waals surface area contributed by atoms with Gasteiger partial charge in [-0.2, -0.15) is 0 Å². The molecule has 0 saturated carbocycles. The lowest BCUT2D eigenvalue weighted by molar-refractivity contribution is 0.125. The molecule has 1 aliphatic rings. The van der Waals surface area contributed by atoms with Gasteiger partial charge >= 0.3 is 0 Å². The molecule has 1 heterocycles. The number of nitrogens with zero attached hydrogens (tertiary/aromatic N) is 3. The van der Waals surface area contributed by atoms with Crippen LogP contribution >= 0.6 is 24.0 Å². The summed E-state index contributed by atoms with van der Waals surface area (Å²) in [5.41, 5.74) is 0.550. The third-order valence-corrected chi connectivity index (χ3v) is 7.17. The molecule has 0 radical (unpaired) electrons. The standard InChI is InChI=1S/C21H34F2N4OS.HI/c1-6-19(17-8-7-16(22)15-18(17)23)26-10-12-27(13-11-26)20(24-5)25-9-14-29(28)21(2,3)4;/h7-8,15,19H,6,9-14H2,1-5H3,(H,24,25);1H. The largest absolute Gasteiger partial charge is 0.355 e. The first-order valence-electron chi connectivity index (χ1n) is 10.2. The molecule has 0 aliphatic carbocycles. The van der Waals surface area contributed by atoms with Crippen LogP contribution in [-0.2, 0) is 10.8 Å². The Kier molecular flexibility index (Phi) is 11.1. The quantitative estimate of drug-likeness (QED) is 0.330. The fraction of sp³-hybridized carbons (Fsp3) is 0.667. The summed E-state index contributed by atoms with van der Waals surface area (Å²) >= 11 is 0. The molecule has 2 rings (SSSR count). The van der Waals surface area contributed by atoms with Gasteiger partial charge < -0.3 is 10.2 Å². The summed E-state index contributed by atoms with van der Waals surface area (Å²) in [5, 5.41) is 3.31. The van der Waals surface area contributed by atoms with Crippen LogP contribution < -0.4 is 5.32 Å². The van der Waals surface area contributed by atoms with E-state index < -0.39 is 22.4 Å². The number of rotatable bonds is 6. The van der Waals surface area contributed by atoms with Crippen molar-refractivity contribution in [3.8, 4) is 0 Å². The Labute approximate surface area is 199 Å². The summed E-state index contributed by atoms with van der Waals surface area (Å²) in [6, 6.07) is 3.77. The Hall–Kier alpha value is -0.810. The normalized spacial score (nSPS) is 18.0. The van der Waals surface area contributed by atoms with Gasteiger partial charge in [-0.05, 0) is 33.3 Å². The van der Waals surface area contributed by atoms with Crippen LogP contribution in [0.5, 0.6) is 0 Å². The fourth-order valence-electron chi connectivity index (χ4n) is 3.59.